The Morgan fingerprint density at radius 2 is 1.67 bits per heavy atom. The molecule has 0 bridgehead atoms. The van der Waals surface area contributed by atoms with Crippen LogP contribution in [0.25, 0.3) is 0 Å². The van der Waals surface area contributed by atoms with Crippen LogP contribution in [0, 0.1) is 11.3 Å². The monoisotopic (exact) mass is 295 g/mol. The van der Waals surface area contributed by atoms with Crippen molar-refractivity contribution in [3.8, 4) is 0 Å². The Bertz CT molecular complexity index is 289. The molecule has 21 heavy (non-hydrogen) atoms. The highest BCUT2D eigenvalue weighted by molar-refractivity contribution is 5.10. The molecule has 0 aromatic carbocycles. The molecule has 3 atom stereocenters. The lowest BCUT2D eigenvalue weighted by Crippen LogP contribution is -2.69. The van der Waals surface area contributed by atoms with Crippen LogP contribution in [0.15, 0.2) is 0 Å². The van der Waals surface area contributed by atoms with Crippen LogP contribution in [0.3, 0.4) is 0 Å². The van der Waals surface area contributed by atoms with Gasteiger partial charge in [-0.25, -0.2) is 0 Å². The zero-order chi connectivity index (χ0) is 15.1. The summed E-state index contributed by atoms with van der Waals surface area (Å²) in [6.45, 7) is 9.23. The molecule has 0 spiro atoms. The van der Waals surface area contributed by atoms with Crippen LogP contribution >= 0.6 is 0 Å². The van der Waals surface area contributed by atoms with Crippen LogP contribution in [0.1, 0.15) is 85.0 Å². The van der Waals surface area contributed by atoms with Crippen molar-refractivity contribution in [2.75, 3.05) is 13.2 Å². The van der Waals surface area contributed by atoms with Gasteiger partial charge in [0.2, 0.25) is 0 Å². The predicted octanol–water partition coefficient (Wildman–Crippen LogP) is 4.92. The maximum atomic E-state index is 5.97. The Morgan fingerprint density at radius 3 is 2.38 bits per heavy atom. The van der Waals surface area contributed by atoms with Crippen LogP contribution < -0.4 is 5.32 Å². The van der Waals surface area contributed by atoms with E-state index >= 15 is 0 Å². The van der Waals surface area contributed by atoms with Crippen LogP contribution in [0.4, 0.5) is 0 Å². The fourth-order valence-corrected chi connectivity index (χ4v) is 4.45. The second-order valence-electron chi connectivity index (χ2n) is 7.83. The Morgan fingerprint density at radius 1 is 1.00 bits per heavy atom. The summed E-state index contributed by atoms with van der Waals surface area (Å²) in [6, 6.07) is 0.687. The summed E-state index contributed by atoms with van der Waals surface area (Å²) in [5.41, 5.74) is 0.339. The molecule has 2 fully saturated rings. The number of ether oxygens (including phenoxy) is 1. The number of fused-ring (bicyclic) bond motifs is 1. The highest BCUT2D eigenvalue weighted by atomic mass is 16.5. The third-order valence-electron chi connectivity index (χ3n) is 5.73. The first-order chi connectivity index (χ1) is 10.2. The van der Waals surface area contributed by atoms with Gasteiger partial charge in [-0.3, -0.25) is 0 Å². The highest BCUT2D eigenvalue weighted by Gasteiger charge is 2.57. The second-order valence-corrected chi connectivity index (χ2v) is 7.83. The minimum atomic E-state index is 0.339. The fourth-order valence-electron chi connectivity index (χ4n) is 4.45. The van der Waals surface area contributed by atoms with Gasteiger partial charge in [0, 0.05) is 24.0 Å². The van der Waals surface area contributed by atoms with Gasteiger partial charge in [0.25, 0.3) is 0 Å². The average molecular weight is 296 g/mol. The summed E-state index contributed by atoms with van der Waals surface area (Å²) in [5.74, 6) is 0.780. The van der Waals surface area contributed by atoms with Crippen molar-refractivity contribution in [3.63, 3.8) is 0 Å². The van der Waals surface area contributed by atoms with E-state index in [0.717, 1.165) is 12.5 Å². The van der Waals surface area contributed by atoms with E-state index in [2.05, 4.69) is 26.1 Å². The molecule has 1 saturated carbocycles. The molecule has 2 rings (SSSR count). The standard InChI is InChI=1S/C19H37NO/c1-4-5-6-7-8-9-10-11-14-20-17-16-13-12-15-21-18(16)19(17,2)3/h16-18,20H,4-15H2,1-3H3. The van der Waals surface area contributed by atoms with Crippen LogP contribution in [-0.2, 0) is 4.74 Å². The molecule has 1 N–H and O–H groups in total. The van der Waals surface area contributed by atoms with Gasteiger partial charge in [0.05, 0.1) is 6.10 Å². The summed E-state index contributed by atoms with van der Waals surface area (Å²) in [4.78, 5) is 0. The van der Waals surface area contributed by atoms with Gasteiger partial charge in [0.1, 0.15) is 0 Å². The maximum absolute atomic E-state index is 5.97. The molecule has 0 aromatic rings. The van der Waals surface area contributed by atoms with Gasteiger partial charge in [-0.15, -0.1) is 0 Å². The van der Waals surface area contributed by atoms with Crippen molar-refractivity contribution in [1.82, 2.24) is 5.32 Å². The summed E-state index contributed by atoms with van der Waals surface area (Å²) in [7, 11) is 0. The number of hydrogen-bond acceptors (Lipinski definition) is 2. The normalized spacial score (nSPS) is 30.7. The number of hydrogen-bond donors (Lipinski definition) is 1. The van der Waals surface area contributed by atoms with E-state index in [1.807, 2.05) is 0 Å². The first-order valence-electron chi connectivity index (χ1n) is 9.53. The topological polar surface area (TPSA) is 21.3 Å². The number of rotatable bonds is 10. The van der Waals surface area contributed by atoms with E-state index in [-0.39, 0.29) is 0 Å². The summed E-state index contributed by atoms with van der Waals surface area (Å²) >= 11 is 0. The predicted molar refractivity (Wildman–Crippen MR) is 90.6 cm³/mol. The summed E-state index contributed by atoms with van der Waals surface area (Å²) in [5, 5.41) is 3.84. The van der Waals surface area contributed by atoms with Crippen molar-refractivity contribution >= 4 is 0 Å². The molecule has 1 aliphatic heterocycles. The van der Waals surface area contributed by atoms with E-state index in [1.165, 1.54) is 70.8 Å². The molecule has 1 aliphatic carbocycles. The molecule has 2 heteroatoms. The average Bonchev–Trinajstić information content (AvgIpc) is 2.49. The third-order valence-corrected chi connectivity index (χ3v) is 5.73. The van der Waals surface area contributed by atoms with Crippen molar-refractivity contribution in [2.45, 2.75) is 97.1 Å². The first-order valence-corrected chi connectivity index (χ1v) is 9.53. The molecule has 1 saturated heterocycles. The lowest BCUT2D eigenvalue weighted by atomic mass is 9.55. The van der Waals surface area contributed by atoms with Gasteiger partial charge < -0.3 is 10.1 Å². The van der Waals surface area contributed by atoms with Gasteiger partial charge >= 0.3 is 0 Å². The molecular formula is C19H37NO. The summed E-state index contributed by atoms with van der Waals surface area (Å²) in [6.07, 6.45) is 14.4. The molecule has 0 amide bonds. The van der Waals surface area contributed by atoms with Crippen molar-refractivity contribution in [2.24, 2.45) is 11.3 Å². The van der Waals surface area contributed by atoms with Crippen molar-refractivity contribution < 1.29 is 4.74 Å². The quantitative estimate of drug-likeness (QED) is 0.578. The second kappa shape index (κ2) is 8.53. The lowest BCUT2D eigenvalue weighted by Gasteiger charge is -2.60. The molecule has 0 radical (unpaired) electrons. The van der Waals surface area contributed by atoms with E-state index in [4.69, 9.17) is 4.74 Å². The molecule has 3 unspecified atom stereocenters. The molecule has 124 valence electrons. The van der Waals surface area contributed by atoms with Gasteiger partial charge in [-0.1, -0.05) is 65.7 Å². The third kappa shape index (κ3) is 4.45. The Balaban J connectivity index is 1.51. The Labute approximate surface area is 132 Å². The van der Waals surface area contributed by atoms with E-state index in [9.17, 15) is 0 Å². The largest absolute Gasteiger partial charge is 0.377 e. The highest BCUT2D eigenvalue weighted by Crippen LogP contribution is 2.51. The maximum Gasteiger partial charge on any atom is 0.0684 e. The number of unbranched alkanes of at least 4 members (excludes halogenated alkanes) is 7. The lowest BCUT2D eigenvalue weighted by molar-refractivity contribution is -0.192. The van der Waals surface area contributed by atoms with Crippen molar-refractivity contribution in [1.29, 1.82) is 0 Å². The van der Waals surface area contributed by atoms with Crippen LogP contribution in [-0.4, -0.2) is 25.3 Å². The smallest absolute Gasteiger partial charge is 0.0684 e. The Kier molecular flexibility index (Phi) is 7.01. The number of nitrogens with one attached hydrogen (secondary N) is 1. The van der Waals surface area contributed by atoms with E-state index < -0.39 is 0 Å². The van der Waals surface area contributed by atoms with Crippen LogP contribution in [0.2, 0.25) is 0 Å². The first kappa shape index (κ1) is 17.3. The van der Waals surface area contributed by atoms with Crippen LogP contribution in [0.5, 0.6) is 0 Å². The molecule has 0 aromatic heterocycles. The zero-order valence-corrected chi connectivity index (χ0v) is 14.6. The fraction of sp³-hybridized carbons (Fsp3) is 1.00. The van der Waals surface area contributed by atoms with Gasteiger partial charge in [-0.2, -0.15) is 0 Å². The van der Waals surface area contributed by atoms with Crippen molar-refractivity contribution in [3.05, 3.63) is 0 Å². The van der Waals surface area contributed by atoms with Gasteiger partial charge in [0.15, 0.2) is 0 Å². The molecular weight excluding hydrogens is 258 g/mol. The minimum Gasteiger partial charge on any atom is -0.377 e. The molecule has 2 nitrogen and oxygen atoms in total. The van der Waals surface area contributed by atoms with E-state index in [1.54, 1.807) is 0 Å². The van der Waals surface area contributed by atoms with Gasteiger partial charge in [-0.05, 0) is 25.8 Å². The molecule has 1 heterocycles. The molecule has 2 aliphatic rings. The Hall–Kier alpha value is -0.0800. The SMILES string of the molecule is CCCCCCCCCCNC1C2CCCOC2C1(C)C. The minimum absolute atomic E-state index is 0.339. The zero-order valence-electron chi connectivity index (χ0n) is 14.6. The van der Waals surface area contributed by atoms with E-state index in [0.29, 0.717) is 17.6 Å². The summed E-state index contributed by atoms with van der Waals surface area (Å²) < 4.78 is 5.97.